The monoisotopic (exact) mass is 312 g/mol. The molecule has 1 amide bonds. The maximum absolute atomic E-state index is 12.7. The Bertz CT molecular complexity index is 675. The second-order valence-electron chi connectivity index (χ2n) is 5.94. The number of carbonyl (C=O) groups is 1. The number of hydrogen-bond acceptors (Lipinski definition) is 6. The third-order valence-corrected chi connectivity index (χ3v) is 3.83. The van der Waals surface area contributed by atoms with Gasteiger partial charge in [-0.15, -0.1) is 5.10 Å². The van der Waals surface area contributed by atoms with Crippen LogP contribution in [0.5, 0.6) is 0 Å². The van der Waals surface area contributed by atoms with E-state index in [0.717, 1.165) is 30.8 Å². The van der Waals surface area contributed by atoms with Gasteiger partial charge in [0.15, 0.2) is 5.69 Å². The summed E-state index contributed by atoms with van der Waals surface area (Å²) in [7, 11) is 3.99. The Morgan fingerprint density at radius 3 is 3.00 bits per heavy atom. The number of carbonyl (C=O) groups excluding carboxylic acids is 1. The van der Waals surface area contributed by atoms with E-state index in [2.05, 4.69) is 20.2 Å². The summed E-state index contributed by atoms with van der Waals surface area (Å²) in [6, 6.07) is 3.38. The van der Waals surface area contributed by atoms with Crippen LogP contribution in [-0.2, 0) is 6.54 Å². The van der Waals surface area contributed by atoms with Gasteiger partial charge in [-0.05, 0) is 39.1 Å². The Hall–Kier alpha value is -2.41. The van der Waals surface area contributed by atoms with Crippen molar-refractivity contribution in [2.75, 3.05) is 20.6 Å². The molecule has 7 heteroatoms. The van der Waals surface area contributed by atoms with Gasteiger partial charge in [0.2, 0.25) is 0 Å². The molecule has 3 rings (SSSR count). The Kier molecular flexibility index (Phi) is 4.57. The molecule has 120 valence electrons. The molecule has 0 aromatic carbocycles. The summed E-state index contributed by atoms with van der Waals surface area (Å²) in [5, 5.41) is 7.72. The molecule has 2 aromatic rings. The van der Waals surface area contributed by atoms with Gasteiger partial charge < -0.3 is 9.80 Å². The lowest BCUT2D eigenvalue weighted by atomic mass is 10.1. The maximum Gasteiger partial charge on any atom is 0.274 e. The molecular weight excluding hydrogens is 292 g/mol. The van der Waals surface area contributed by atoms with E-state index in [1.807, 2.05) is 23.9 Å². The van der Waals surface area contributed by atoms with Gasteiger partial charge in [-0.25, -0.2) is 0 Å². The van der Waals surface area contributed by atoms with Gasteiger partial charge in [0.25, 0.3) is 5.91 Å². The van der Waals surface area contributed by atoms with E-state index in [4.69, 9.17) is 0 Å². The molecule has 1 atom stereocenters. The molecule has 1 saturated heterocycles. The lowest BCUT2D eigenvalue weighted by Crippen LogP contribution is -2.32. The van der Waals surface area contributed by atoms with E-state index in [1.54, 1.807) is 30.7 Å². The molecule has 23 heavy (non-hydrogen) atoms. The summed E-state index contributed by atoms with van der Waals surface area (Å²) in [6.45, 7) is 1.44. The number of hydrogen-bond donors (Lipinski definition) is 0. The third kappa shape index (κ3) is 3.50. The van der Waals surface area contributed by atoms with Gasteiger partial charge in [-0.3, -0.25) is 14.8 Å². The zero-order valence-electron chi connectivity index (χ0n) is 13.4. The fraction of sp³-hybridized carbons (Fsp3) is 0.438. The van der Waals surface area contributed by atoms with Crippen molar-refractivity contribution >= 4 is 5.91 Å². The van der Waals surface area contributed by atoms with Crippen molar-refractivity contribution in [2.24, 2.45) is 0 Å². The highest BCUT2D eigenvalue weighted by Gasteiger charge is 2.32. The van der Waals surface area contributed by atoms with E-state index in [9.17, 15) is 4.79 Å². The van der Waals surface area contributed by atoms with Crippen LogP contribution in [0.15, 0.2) is 30.7 Å². The number of likely N-dealkylation sites (tertiary alicyclic amines) is 1. The second kappa shape index (κ2) is 6.78. The van der Waals surface area contributed by atoms with E-state index in [-0.39, 0.29) is 11.9 Å². The maximum atomic E-state index is 12.7. The summed E-state index contributed by atoms with van der Waals surface area (Å²) in [4.78, 5) is 25.5. The number of rotatable bonds is 4. The quantitative estimate of drug-likeness (QED) is 0.847. The molecular formula is C16H20N6O. The standard InChI is InChI=1S/C16H20N6O/c1-21(2)11-12-9-17-10-14(19-12)15-6-4-8-22(15)16(23)13-5-3-7-18-20-13/h3,5,7,9-10,15H,4,6,8,11H2,1-2H3/t15-/m1/s1. The first-order chi connectivity index (χ1) is 11.1. The Morgan fingerprint density at radius 2 is 2.26 bits per heavy atom. The normalized spacial score (nSPS) is 17.7. The topological polar surface area (TPSA) is 75.1 Å². The highest BCUT2D eigenvalue weighted by Crippen LogP contribution is 2.31. The van der Waals surface area contributed by atoms with Crippen LogP contribution in [0, 0.1) is 0 Å². The highest BCUT2D eigenvalue weighted by molar-refractivity contribution is 5.92. The Balaban J connectivity index is 1.83. The second-order valence-corrected chi connectivity index (χ2v) is 5.94. The van der Waals surface area contributed by atoms with E-state index in [1.165, 1.54) is 0 Å². The van der Waals surface area contributed by atoms with Crippen LogP contribution in [0.2, 0.25) is 0 Å². The van der Waals surface area contributed by atoms with Crippen LogP contribution >= 0.6 is 0 Å². The third-order valence-electron chi connectivity index (χ3n) is 3.83. The molecule has 0 spiro atoms. The van der Waals surface area contributed by atoms with Gasteiger partial charge >= 0.3 is 0 Å². The van der Waals surface area contributed by atoms with E-state index in [0.29, 0.717) is 12.2 Å². The highest BCUT2D eigenvalue weighted by atomic mass is 16.2. The SMILES string of the molecule is CN(C)Cc1cncc([C@H]2CCCN2C(=O)c2cccnn2)n1. The average molecular weight is 312 g/mol. The predicted octanol–water partition coefficient (Wildman–Crippen LogP) is 1.31. The van der Waals surface area contributed by atoms with E-state index >= 15 is 0 Å². The van der Waals surface area contributed by atoms with Crippen LogP contribution in [0.25, 0.3) is 0 Å². The van der Waals surface area contributed by atoms with Crippen LogP contribution < -0.4 is 0 Å². The number of aromatic nitrogens is 4. The minimum atomic E-state index is -0.0968. The summed E-state index contributed by atoms with van der Waals surface area (Å²) in [5.74, 6) is -0.0968. The summed E-state index contributed by atoms with van der Waals surface area (Å²) in [6.07, 6.45) is 6.94. The van der Waals surface area contributed by atoms with E-state index < -0.39 is 0 Å². The summed E-state index contributed by atoms with van der Waals surface area (Å²) >= 11 is 0. The fourth-order valence-electron chi connectivity index (χ4n) is 2.86. The largest absolute Gasteiger partial charge is 0.329 e. The zero-order valence-corrected chi connectivity index (χ0v) is 13.4. The van der Waals surface area contributed by atoms with Gasteiger partial charge in [-0.1, -0.05) is 0 Å². The lowest BCUT2D eigenvalue weighted by Gasteiger charge is -2.24. The van der Waals surface area contributed by atoms with Gasteiger partial charge in [0.1, 0.15) is 0 Å². The molecule has 0 aliphatic carbocycles. The number of nitrogens with zero attached hydrogens (tertiary/aromatic N) is 6. The molecule has 0 unspecified atom stereocenters. The van der Waals surface area contributed by atoms with Crippen molar-refractivity contribution in [3.05, 3.63) is 47.8 Å². The zero-order chi connectivity index (χ0) is 16.2. The van der Waals surface area contributed by atoms with Crippen molar-refractivity contribution in [1.29, 1.82) is 0 Å². The van der Waals surface area contributed by atoms with Crippen molar-refractivity contribution in [1.82, 2.24) is 30.0 Å². The lowest BCUT2D eigenvalue weighted by molar-refractivity contribution is 0.0725. The molecule has 0 N–H and O–H groups in total. The minimum Gasteiger partial charge on any atom is -0.329 e. The molecule has 2 aromatic heterocycles. The predicted molar refractivity (Wildman–Crippen MR) is 84.5 cm³/mol. The van der Waals surface area contributed by atoms with Gasteiger partial charge in [-0.2, -0.15) is 5.10 Å². The minimum absolute atomic E-state index is 0.0425. The van der Waals surface area contributed by atoms with Crippen molar-refractivity contribution < 1.29 is 4.79 Å². The molecule has 3 heterocycles. The van der Waals surface area contributed by atoms with Gasteiger partial charge in [0, 0.05) is 25.5 Å². The van der Waals surface area contributed by atoms with Crippen LogP contribution in [0.3, 0.4) is 0 Å². The Labute approximate surface area is 135 Å². The number of amides is 1. The molecule has 7 nitrogen and oxygen atoms in total. The molecule has 1 fully saturated rings. The first kappa shape index (κ1) is 15.5. The van der Waals surface area contributed by atoms with Crippen LogP contribution in [0.1, 0.15) is 40.8 Å². The van der Waals surface area contributed by atoms with Crippen molar-refractivity contribution in [3.8, 4) is 0 Å². The summed E-state index contributed by atoms with van der Waals surface area (Å²) < 4.78 is 0. The molecule has 1 aliphatic heterocycles. The summed E-state index contributed by atoms with van der Waals surface area (Å²) in [5.41, 5.74) is 2.13. The van der Waals surface area contributed by atoms with Crippen LogP contribution in [-0.4, -0.2) is 56.5 Å². The van der Waals surface area contributed by atoms with Crippen molar-refractivity contribution in [2.45, 2.75) is 25.4 Å². The van der Waals surface area contributed by atoms with Crippen LogP contribution in [0.4, 0.5) is 0 Å². The smallest absolute Gasteiger partial charge is 0.274 e. The molecule has 0 radical (unpaired) electrons. The first-order valence-electron chi connectivity index (χ1n) is 7.69. The Morgan fingerprint density at radius 1 is 1.39 bits per heavy atom. The first-order valence-corrected chi connectivity index (χ1v) is 7.69. The van der Waals surface area contributed by atoms with Gasteiger partial charge in [0.05, 0.1) is 23.6 Å². The average Bonchev–Trinajstić information content (AvgIpc) is 3.04. The van der Waals surface area contributed by atoms with Crippen molar-refractivity contribution in [3.63, 3.8) is 0 Å². The fourth-order valence-corrected chi connectivity index (χ4v) is 2.86. The molecule has 0 saturated carbocycles. The molecule has 1 aliphatic rings. The molecule has 0 bridgehead atoms.